The predicted molar refractivity (Wildman–Crippen MR) is 70.3 cm³/mol. The Kier molecular flexibility index (Phi) is 3.74. The summed E-state index contributed by atoms with van der Waals surface area (Å²) in [6.07, 6.45) is 3.45. The van der Waals surface area contributed by atoms with Crippen molar-refractivity contribution >= 4 is 23.4 Å². The summed E-state index contributed by atoms with van der Waals surface area (Å²) in [6, 6.07) is 8.04. The first-order chi connectivity index (χ1) is 8.22. The number of carboxylic acids is 1. The fourth-order valence-corrected chi connectivity index (χ4v) is 2.93. The molecule has 0 atom stereocenters. The Bertz CT molecular complexity index is 456. The summed E-state index contributed by atoms with van der Waals surface area (Å²) in [5.41, 5.74) is 1.12. The smallest absolute Gasteiger partial charge is 0.330 e. The summed E-state index contributed by atoms with van der Waals surface area (Å²) < 4.78 is 0. The van der Waals surface area contributed by atoms with Crippen molar-refractivity contribution in [2.75, 3.05) is 11.4 Å². The van der Waals surface area contributed by atoms with Crippen LogP contribution in [0.4, 0.5) is 5.69 Å². The topological polar surface area (TPSA) is 40.5 Å². The number of hydrogen-bond acceptors (Lipinski definition) is 3. The highest BCUT2D eigenvalue weighted by Crippen LogP contribution is 2.45. The molecule has 0 amide bonds. The number of carboxylic acid groups (broad SMARTS) is 1. The van der Waals surface area contributed by atoms with Gasteiger partial charge in [-0.05, 0) is 18.6 Å². The highest BCUT2D eigenvalue weighted by atomic mass is 32.2. The van der Waals surface area contributed by atoms with Crippen LogP contribution in [0.3, 0.4) is 0 Å². The van der Waals surface area contributed by atoms with Gasteiger partial charge in [-0.3, -0.25) is 0 Å². The van der Waals surface area contributed by atoms with E-state index in [-0.39, 0.29) is 0 Å². The summed E-state index contributed by atoms with van der Waals surface area (Å²) in [7, 11) is 0. The second-order valence-corrected chi connectivity index (χ2v) is 4.96. The van der Waals surface area contributed by atoms with Gasteiger partial charge in [-0.25, -0.2) is 4.79 Å². The maximum absolute atomic E-state index is 10.8. The van der Waals surface area contributed by atoms with Gasteiger partial charge in [-0.15, -0.1) is 0 Å². The molecule has 0 bridgehead atoms. The van der Waals surface area contributed by atoms with Crippen molar-refractivity contribution in [2.45, 2.75) is 24.7 Å². The van der Waals surface area contributed by atoms with Crippen LogP contribution >= 0.6 is 11.8 Å². The second kappa shape index (κ2) is 5.27. The number of unbranched alkanes of at least 4 members (excludes halogenated alkanes) is 1. The van der Waals surface area contributed by atoms with Crippen molar-refractivity contribution in [1.82, 2.24) is 0 Å². The molecule has 1 aliphatic rings. The molecule has 3 nitrogen and oxygen atoms in total. The van der Waals surface area contributed by atoms with E-state index in [0.717, 1.165) is 35.0 Å². The molecule has 1 heterocycles. The van der Waals surface area contributed by atoms with E-state index in [9.17, 15) is 4.79 Å². The van der Waals surface area contributed by atoms with Gasteiger partial charge in [0.2, 0.25) is 0 Å². The number of rotatable bonds is 4. The maximum Gasteiger partial charge on any atom is 0.330 e. The van der Waals surface area contributed by atoms with Crippen LogP contribution in [-0.4, -0.2) is 17.6 Å². The van der Waals surface area contributed by atoms with Gasteiger partial charge >= 0.3 is 5.97 Å². The van der Waals surface area contributed by atoms with E-state index in [0.29, 0.717) is 0 Å². The zero-order valence-electron chi connectivity index (χ0n) is 9.72. The Morgan fingerprint density at radius 3 is 2.94 bits per heavy atom. The van der Waals surface area contributed by atoms with E-state index < -0.39 is 5.97 Å². The third kappa shape index (κ3) is 2.64. The summed E-state index contributed by atoms with van der Waals surface area (Å²) in [5.74, 6) is -0.887. The summed E-state index contributed by atoms with van der Waals surface area (Å²) in [5, 5.41) is 9.69. The van der Waals surface area contributed by atoms with Crippen LogP contribution in [0.15, 0.2) is 40.3 Å². The molecule has 0 fully saturated rings. The third-order valence-electron chi connectivity index (χ3n) is 2.62. The predicted octanol–water partition coefficient (Wildman–Crippen LogP) is 3.32. The van der Waals surface area contributed by atoms with E-state index in [1.54, 1.807) is 0 Å². The number of benzene rings is 1. The first-order valence-corrected chi connectivity index (χ1v) is 6.53. The Morgan fingerprint density at radius 2 is 2.24 bits per heavy atom. The van der Waals surface area contributed by atoms with Crippen LogP contribution in [0, 0.1) is 0 Å². The van der Waals surface area contributed by atoms with Crippen LogP contribution in [0.25, 0.3) is 0 Å². The molecule has 1 N–H and O–H groups in total. The van der Waals surface area contributed by atoms with Gasteiger partial charge in [0.15, 0.2) is 0 Å². The Morgan fingerprint density at radius 1 is 1.47 bits per heavy atom. The number of carbonyl (C=O) groups is 1. The highest BCUT2D eigenvalue weighted by Gasteiger charge is 2.24. The molecule has 0 unspecified atom stereocenters. The molecule has 0 saturated carbocycles. The Labute approximate surface area is 105 Å². The minimum atomic E-state index is -0.887. The zero-order valence-corrected chi connectivity index (χ0v) is 10.5. The number of anilines is 1. The summed E-state index contributed by atoms with van der Waals surface area (Å²) >= 11 is 1.53. The molecular weight excluding hydrogens is 234 g/mol. The number of aliphatic carboxylic acids is 1. The Hall–Kier alpha value is -1.42. The molecule has 17 heavy (non-hydrogen) atoms. The average Bonchev–Trinajstić information content (AvgIpc) is 2.63. The van der Waals surface area contributed by atoms with Crippen molar-refractivity contribution in [2.24, 2.45) is 0 Å². The van der Waals surface area contributed by atoms with Crippen molar-refractivity contribution in [3.8, 4) is 0 Å². The van der Waals surface area contributed by atoms with Crippen molar-refractivity contribution in [3.63, 3.8) is 0 Å². The van der Waals surface area contributed by atoms with Crippen molar-refractivity contribution in [3.05, 3.63) is 35.4 Å². The minimum Gasteiger partial charge on any atom is -0.478 e. The lowest BCUT2D eigenvalue weighted by Gasteiger charge is -2.19. The lowest BCUT2D eigenvalue weighted by molar-refractivity contribution is -0.131. The number of hydrogen-bond donors (Lipinski definition) is 1. The molecular formula is C13H15NO2S. The van der Waals surface area contributed by atoms with Gasteiger partial charge in [-0.2, -0.15) is 0 Å². The quantitative estimate of drug-likeness (QED) is 0.831. The fraction of sp³-hybridized carbons (Fsp3) is 0.308. The largest absolute Gasteiger partial charge is 0.478 e. The van der Waals surface area contributed by atoms with Crippen LogP contribution in [0.1, 0.15) is 19.8 Å². The van der Waals surface area contributed by atoms with Gasteiger partial charge in [0.05, 0.1) is 16.8 Å². The van der Waals surface area contributed by atoms with Gasteiger partial charge in [-0.1, -0.05) is 37.2 Å². The molecule has 90 valence electrons. The van der Waals surface area contributed by atoms with Crippen LogP contribution in [0.2, 0.25) is 0 Å². The molecule has 1 aliphatic heterocycles. The number of para-hydroxylation sites is 1. The summed E-state index contributed by atoms with van der Waals surface area (Å²) in [4.78, 5) is 14.0. The molecule has 2 rings (SSSR count). The standard InChI is InChI=1S/C13H15NO2S/c1-2-3-8-14-10-6-4-5-7-11(10)17-12(14)9-13(15)16/h4-7,9H,2-3,8H2,1H3,(H,15,16)/b12-9-. The van der Waals surface area contributed by atoms with Crippen LogP contribution < -0.4 is 4.90 Å². The van der Waals surface area contributed by atoms with Crippen molar-refractivity contribution in [1.29, 1.82) is 0 Å². The first-order valence-electron chi connectivity index (χ1n) is 5.71. The van der Waals surface area contributed by atoms with Crippen LogP contribution in [0.5, 0.6) is 0 Å². The monoisotopic (exact) mass is 249 g/mol. The zero-order chi connectivity index (χ0) is 12.3. The highest BCUT2D eigenvalue weighted by molar-refractivity contribution is 8.03. The molecule has 0 aliphatic carbocycles. The van der Waals surface area contributed by atoms with E-state index in [1.165, 1.54) is 17.8 Å². The average molecular weight is 249 g/mol. The molecule has 0 saturated heterocycles. The van der Waals surface area contributed by atoms with E-state index >= 15 is 0 Å². The first kappa shape index (κ1) is 12.0. The Balaban J connectivity index is 2.30. The molecule has 0 spiro atoms. The number of thioether (sulfide) groups is 1. The molecule has 4 heteroatoms. The van der Waals surface area contributed by atoms with Gasteiger partial charge in [0.25, 0.3) is 0 Å². The van der Waals surface area contributed by atoms with Crippen molar-refractivity contribution < 1.29 is 9.90 Å². The number of fused-ring (bicyclic) bond motifs is 1. The van der Waals surface area contributed by atoms with E-state index in [2.05, 4.69) is 11.8 Å². The number of nitrogens with zero attached hydrogens (tertiary/aromatic N) is 1. The molecule has 0 radical (unpaired) electrons. The van der Waals surface area contributed by atoms with E-state index in [4.69, 9.17) is 5.11 Å². The van der Waals surface area contributed by atoms with E-state index in [1.807, 2.05) is 24.3 Å². The molecule has 1 aromatic carbocycles. The third-order valence-corrected chi connectivity index (χ3v) is 3.73. The normalized spacial score (nSPS) is 16.3. The minimum absolute atomic E-state index is 0.812. The van der Waals surface area contributed by atoms with Gasteiger partial charge in [0, 0.05) is 11.4 Å². The SMILES string of the molecule is CCCCN1/C(=C/C(=O)O)Sc2ccccc21. The lowest BCUT2D eigenvalue weighted by atomic mass is 10.2. The molecule has 1 aromatic rings. The summed E-state index contributed by atoms with van der Waals surface area (Å²) in [6.45, 7) is 3.01. The maximum atomic E-state index is 10.8. The second-order valence-electron chi connectivity index (χ2n) is 3.90. The van der Waals surface area contributed by atoms with Gasteiger partial charge < -0.3 is 10.0 Å². The van der Waals surface area contributed by atoms with Gasteiger partial charge in [0.1, 0.15) is 0 Å². The lowest BCUT2D eigenvalue weighted by Crippen LogP contribution is -2.19. The van der Waals surface area contributed by atoms with Crippen LogP contribution in [-0.2, 0) is 4.79 Å². The fourth-order valence-electron chi connectivity index (χ4n) is 1.81. The molecule has 0 aromatic heterocycles.